The second kappa shape index (κ2) is 7.68. The Morgan fingerprint density at radius 3 is 2.70 bits per heavy atom. The second-order valence-corrected chi connectivity index (χ2v) is 4.92. The van der Waals surface area contributed by atoms with Crippen LogP contribution in [-0.4, -0.2) is 40.7 Å². The van der Waals surface area contributed by atoms with Crippen LogP contribution in [0.2, 0.25) is 0 Å². The largest absolute Gasteiger partial charge is 0.465 e. The number of aryl methyl sites for hydroxylation is 1. The van der Waals surface area contributed by atoms with Gasteiger partial charge in [0.05, 0.1) is 12.4 Å². The molecule has 8 heteroatoms. The Bertz CT molecular complexity index is 556. The fraction of sp³-hybridized carbons (Fsp3) is 0.500. The number of amides is 1. The maximum atomic E-state index is 11.5. The van der Waals surface area contributed by atoms with E-state index >= 15 is 0 Å². The van der Waals surface area contributed by atoms with Gasteiger partial charge in [-0.3, -0.25) is 14.4 Å². The van der Waals surface area contributed by atoms with Gasteiger partial charge in [-0.2, -0.15) is 0 Å². The van der Waals surface area contributed by atoms with Crippen molar-refractivity contribution in [2.45, 2.75) is 25.9 Å². The fourth-order valence-corrected chi connectivity index (χ4v) is 1.99. The standard InChI is InChI=1S/C12H17N3O4S/c1-4-19-10(17)5-13-9(16)6-20-12-14-8(3)7(2)11(18)15-12/h4-6H2,1-3H3,(H,13,16)(H,14,15,18). The minimum Gasteiger partial charge on any atom is -0.465 e. The number of H-pyrrole nitrogens is 1. The zero-order valence-corrected chi connectivity index (χ0v) is 12.4. The normalized spacial score (nSPS) is 10.2. The number of hydrogen-bond donors (Lipinski definition) is 2. The van der Waals surface area contributed by atoms with E-state index in [-0.39, 0.29) is 30.4 Å². The average Bonchev–Trinajstić information content (AvgIpc) is 2.40. The first kappa shape index (κ1) is 16.2. The van der Waals surface area contributed by atoms with Gasteiger partial charge in [0.15, 0.2) is 5.16 Å². The van der Waals surface area contributed by atoms with Crippen molar-refractivity contribution in [2.75, 3.05) is 18.9 Å². The Morgan fingerprint density at radius 1 is 1.40 bits per heavy atom. The van der Waals surface area contributed by atoms with Crippen molar-refractivity contribution in [1.82, 2.24) is 15.3 Å². The van der Waals surface area contributed by atoms with Crippen molar-refractivity contribution in [1.29, 1.82) is 0 Å². The number of carbonyl (C=O) groups is 2. The first-order valence-corrected chi connectivity index (χ1v) is 7.05. The third kappa shape index (κ3) is 5.04. The summed E-state index contributed by atoms with van der Waals surface area (Å²) >= 11 is 1.10. The molecule has 2 N–H and O–H groups in total. The van der Waals surface area contributed by atoms with Crippen LogP contribution in [0.4, 0.5) is 0 Å². The highest BCUT2D eigenvalue weighted by molar-refractivity contribution is 7.99. The van der Waals surface area contributed by atoms with Crippen molar-refractivity contribution in [3.8, 4) is 0 Å². The van der Waals surface area contributed by atoms with Gasteiger partial charge in [-0.05, 0) is 20.8 Å². The summed E-state index contributed by atoms with van der Waals surface area (Å²) < 4.78 is 4.68. The molecule has 7 nitrogen and oxygen atoms in total. The number of esters is 1. The molecule has 1 aromatic heterocycles. The highest BCUT2D eigenvalue weighted by Crippen LogP contribution is 2.11. The van der Waals surface area contributed by atoms with E-state index in [0.717, 1.165) is 11.8 Å². The third-order valence-corrected chi connectivity index (χ3v) is 3.32. The molecular weight excluding hydrogens is 282 g/mol. The molecule has 110 valence electrons. The van der Waals surface area contributed by atoms with E-state index in [1.54, 1.807) is 20.8 Å². The summed E-state index contributed by atoms with van der Waals surface area (Å²) in [6.45, 7) is 5.22. The van der Waals surface area contributed by atoms with Gasteiger partial charge in [0, 0.05) is 11.3 Å². The summed E-state index contributed by atoms with van der Waals surface area (Å²) in [5.74, 6) is -0.752. The number of aromatic amines is 1. The molecule has 0 saturated heterocycles. The van der Waals surface area contributed by atoms with E-state index < -0.39 is 5.97 Å². The van der Waals surface area contributed by atoms with E-state index in [0.29, 0.717) is 16.4 Å². The highest BCUT2D eigenvalue weighted by atomic mass is 32.2. The van der Waals surface area contributed by atoms with Crippen LogP contribution >= 0.6 is 11.8 Å². The molecule has 1 rings (SSSR count). The number of thioether (sulfide) groups is 1. The van der Waals surface area contributed by atoms with E-state index in [2.05, 4.69) is 20.0 Å². The molecule has 0 atom stereocenters. The van der Waals surface area contributed by atoms with Crippen LogP contribution in [0.1, 0.15) is 18.2 Å². The van der Waals surface area contributed by atoms with Crippen molar-refractivity contribution >= 4 is 23.6 Å². The lowest BCUT2D eigenvalue weighted by Crippen LogP contribution is -2.32. The van der Waals surface area contributed by atoms with Crippen LogP contribution in [0.5, 0.6) is 0 Å². The number of hydrogen-bond acceptors (Lipinski definition) is 6. The van der Waals surface area contributed by atoms with Crippen molar-refractivity contribution in [2.24, 2.45) is 0 Å². The van der Waals surface area contributed by atoms with Crippen LogP contribution in [0.25, 0.3) is 0 Å². The van der Waals surface area contributed by atoms with Crippen LogP contribution in [-0.2, 0) is 14.3 Å². The molecule has 0 unspecified atom stereocenters. The van der Waals surface area contributed by atoms with Crippen LogP contribution in [0.3, 0.4) is 0 Å². The molecule has 0 radical (unpaired) electrons. The van der Waals surface area contributed by atoms with Gasteiger partial charge < -0.3 is 15.0 Å². The predicted molar refractivity (Wildman–Crippen MR) is 74.7 cm³/mol. The highest BCUT2D eigenvalue weighted by Gasteiger charge is 2.09. The van der Waals surface area contributed by atoms with Crippen molar-refractivity contribution in [3.63, 3.8) is 0 Å². The number of nitrogens with zero attached hydrogens (tertiary/aromatic N) is 1. The summed E-state index contributed by atoms with van der Waals surface area (Å²) in [4.78, 5) is 40.8. The lowest BCUT2D eigenvalue weighted by molar-refractivity contribution is -0.143. The number of carbonyl (C=O) groups excluding carboxylic acids is 2. The summed E-state index contributed by atoms with van der Waals surface area (Å²) in [6.07, 6.45) is 0. The maximum absolute atomic E-state index is 11.5. The molecule has 1 aromatic rings. The van der Waals surface area contributed by atoms with Crippen LogP contribution < -0.4 is 10.9 Å². The molecule has 0 aliphatic carbocycles. The van der Waals surface area contributed by atoms with E-state index in [1.807, 2.05) is 0 Å². The minimum absolute atomic E-state index is 0.0604. The van der Waals surface area contributed by atoms with Gasteiger partial charge in [-0.1, -0.05) is 11.8 Å². The molecule has 1 heterocycles. The van der Waals surface area contributed by atoms with E-state index in [9.17, 15) is 14.4 Å². The van der Waals surface area contributed by atoms with Crippen molar-refractivity contribution < 1.29 is 14.3 Å². The summed E-state index contributed by atoms with van der Waals surface area (Å²) in [6, 6.07) is 0. The minimum atomic E-state index is -0.483. The molecule has 0 aliphatic rings. The van der Waals surface area contributed by atoms with Gasteiger partial charge in [0.2, 0.25) is 5.91 Å². The molecule has 1 amide bonds. The van der Waals surface area contributed by atoms with E-state index in [4.69, 9.17) is 0 Å². The van der Waals surface area contributed by atoms with Crippen LogP contribution in [0, 0.1) is 13.8 Å². The summed E-state index contributed by atoms with van der Waals surface area (Å²) in [5.41, 5.74) is 0.969. The molecule has 0 aliphatic heterocycles. The van der Waals surface area contributed by atoms with Crippen molar-refractivity contribution in [3.05, 3.63) is 21.6 Å². The number of rotatable bonds is 6. The Hall–Kier alpha value is -1.83. The summed E-state index contributed by atoms with van der Waals surface area (Å²) in [7, 11) is 0. The number of aromatic nitrogens is 2. The van der Waals surface area contributed by atoms with Gasteiger partial charge in [-0.15, -0.1) is 0 Å². The molecule has 20 heavy (non-hydrogen) atoms. The number of ether oxygens (including phenoxy) is 1. The zero-order chi connectivity index (χ0) is 15.1. The Balaban J connectivity index is 2.45. The SMILES string of the molecule is CCOC(=O)CNC(=O)CSc1nc(C)c(C)c(=O)[nH]1. The summed E-state index contributed by atoms with van der Waals surface area (Å²) in [5, 5.41) is 2.80. The Kier molecular flexibility index (Phi) is 6.23. The molecule has 0 bridgehead atoms. The van der Waals surface area contributed by atoms with Gasteiger partial charge in [0.25, 0.3) is 5.56 Å². The lowest BCUT2D eigenvalue weighted by Gasteiger charge is -2.05. The molecular formula is C12H17N3O4S. The third-order valence-electron chi connectivity index (χ3n) is 2.45. The van der Waals surface area contributed by atoms with Gasteiger partial charge in [-0.25, -0.2) is 4.98 Å². The first-order chi connectivity index (χ1) is 9.43. The average molecular weight is 299 g/mol. The Labute approximate surface area is 120 Å². The predicted octanol–water partition coefficient (Wildman–Crippen LogP) is 0.158. The molecule has 0 saturated carbocycles. The van der Waals surface area contributed by atoms with Gasteiger partial charge in [0.1, 0.15) is 6.54 Å². The zero-order valence-electron chi connectivity index (χ0n) is 11.6. The molecule has 0 aromatic carbocycles. The molecule has 0 spiro atoms. The maximum Gasteiger partial charge on any atom is 0.325 e. The molecule has 0 fully saturated rings. The van der Waals surface area contributed by atoms with Gasteiger partial charge >= 0.3 is 5.97 Å². The topological polar surface area (TPSA) is 101 Å². The monoisotopic (exact) mass is 299 g/mol. The Morgan fingerprint density at radius 2 is 2.10 bits per heavy atom. The smallest absolute Gasteiger partial charge is 0.325 e. The second-order valence-electron chi connectivity index (χ2n) is 3.95. The van der Waals surface area contributed by atoms with E-state index in [1.165, 1.54) is 0 Å². The fourth-order valence-electron chi connectivity index (χ4n) is 1.26. The quantitative estimate of drug-likeness (QED) is 0.441. The first-order valence-electron chi connectivity index (χ1n) is 6.06. The number of nitrogens with one attached hydrogen (secondary N) is 2. The van der Waals surface area contributed by atoms with Crippen LogP contribution in [0.15, 0.2) is 9.95 Å². The lowest BCUT2D eigenvalue weighted by atomic mass is 10.3.